The fraction of sp³-hybridized carbons (Fsp3) is 0.167. The van der Waals surface area contributed by atoms with E-state index in [4.69, 9.17) is 32.7 Å². The van der Waals surface area contributed by atoms with Crippen molar-refractivity contribution in [2.24, 2.45) is 0 Å². The van der Waals surface area contributed by atoms with Crippen molar-refractivity contribution in [3.8, 4) is 16.9 Å². The molecule has 166 valence electrons. The van der Waals surface area contributed by atoms with Crippen LogP contribution in [0.2, 0.25) is 10.0 Å². The summed E-state index contributed by atoms with van der Waals surface area (Å²) in [5, 5.41) is 5.85. The minimum Gasteiger partial charge on any atom is -0.494 e. The molecule has 3 rings (SSSR count). The zero-order valence-corrected chi connectivity index (χ0v) is 19.8. The molecule has 5 nitrogen and oxygen atoms in total. The van der Waals surface area contributed by atoms with Crippen molar-refractivity contribution < 1.29 is 19.1 Å². The maximum atomic E-state index is 12.7. The van der Waals surface area contributed by atoms with Gasteiger partial charge in [0, 0.05) is 17.0 Å². The summed E-state index contributed by atoms with van der Waals surface area (Å²) in [6.07, 6.45) is 2.98. The van der Waals surface area contributed by atoms with Crippen molar-refractivity contribution in [3.05, 3.63) is 75.1 Å². The molecule has 0 aliphatic carbocycles. The molecule has 0 unspecified atom stereocenters. The number of nitrogens with one attached hydrogen (secondary N) is 1. The van der Waals surface area contributed by atoms with Gasteiger partial charge in [-0.2, -0.15) is 0 Å². The standard InChI is InChI=1S/C24H21Cl2NO4S/c1-3-30-17-9-7-16(8-10-17)18-14-32-23(22(18)24(29)31-4-2)27-21(28)12-6-15-5-11-19(25)20(26)13-15/h5-14H,3-4H2,1-2H3,(H,27,28)/b12-6+. The quantitative estimate of drug-likeness (QED) is 0.274. The molecule has 1 aromatic heterocycles. The Labute approximate surface area is 200 Å². The Hall–Kier alpha value is -2.80. The van der Waals surface area contributed by atoms with Crippen LogP contribution in [0.5, 0.6) is 5.75 Å². The minimum atomic E-state index is -0.499. The number of hydrogen-bond donors (Lipinski definition) is 1. The predicted octanol–water partition coefficient (Wildman–Crippen LogP) is 6.95. The number of carbonyl (C=O) groups excluding carboxylic acids is 2. The zero-order chi connectivity index (χ0) is 23.1. The van der Waals surface area contributed by atoms with Crippen LogP contribution in [-0.2, 0) is 9.53 Å². The molecule has 32 heavy (non-hydrogen) atoms. The van der Waals surface area contributed by atoms with Gasteiger partial charge in [0.1, 0.15) is 16.3 Å². The zero-order valence-electron chi connectivity index (χ0n) is 17.5. The van der Waals surface area contributed by atoms with Gasteiger partial charge in [0.2, 0.25) is 5.91 Å². The van der Waals surface area contributed by atoms with E-state index in [-0.39, 0.29) is 12.5 Å². The number of carbonyl (C=O) groups is 2. The van der Waals surface area contributed by atoms with Gasteiger partial charge >= 0.3 is 5.97 Å². The number of ether oxygens (including phenoxy) is 2. The summed E-state index contributed by atoms with van der Waals surface area (Å²) in [7, 11) is 0. The van der Waals surface area contributed by atoms with Crippen molar-refractivity contribution in [2.45, 2.75) is 13.8 Å². The highest BCUT2D eigenvalue weighted by molar-refractivity contribution is 7.15. The van der Waals surface area contributed by atoms with E-state index < -0.39 is 5.97 Å². The fourth-order valence-corrected chi connectivity index (χ4v) is 4.17. The van der Waals surface area contributed by atoms with E-state index in [2.05, 4.69) is 5.32 Å². The first-order chi connectivity index (χ1) is 15.4. The molecular formula is C24H21Cl2NO4S. The second-order valence-corrected chi connectivity index (χ2v) is 8.22. The lowest BCUT2D eigenvalue weighted by Gasteiger charge is -2.09. The summed E-state index contributed by atoms with van der Waals surface area (Å²) >= 11 is 13.2. The van der Waals surface area contributed by atoms with E-state index in [1.807, 2.05) is 36.6 Å². The first-order valence-corrected chi connectivity index (χ1v) is 11.5. The summed E-state index contributed by atoms with van der Waals surface area (Å²) < 4.78 is 10.7. The molecule has 1 heterocycles. The van der Waals surface area contributed by atoms with Gasteiger partial charge in [-0.1, -0.05) is 41.4 Å². The number of thiophene rings is 1. The lowest BCUT2D eigenvalue weighted by atomic mass is 10.0. The van der Waals surface area contributed by atoms with Gasteiger partial charge in [0.25, 0.3) is 0 Å². The molecule has 1 N–H and O–H groups in total. The number of rotatable bonds is 8. The van der Waals surface area contributed by atoms with E-state index >= 15 is 0 Å². The minimum absolute atomic E-state index is 0.224. The van der Waals surface area contributed by atoms with E-state index in [1.54, 1.807) is 31.2 Å². The third-order valence-electron chi connectivity index (χ3n) is 4.35. The monoisotopic (exact) mass is 489 g/mol. The van der Waals surface area contributed by atoms with Crippen LogP contribution in [0.25, 0.3) is 17.2 Å². The number of anilines is 1. The Kier molecular flexibility index (Phi) is 8.33. The average Bonchev–Trinajstić information content (AvgIpc) is 3.19. The molecule has 0 aliphatic heterocycles. The average molecular weight is 490 g/mol. The lowest BCUT2D eigenvalue weighted by molar-refractivity contribution is -0.111. The molecule has 1 amide bonds. The maximum Gasteiger partial charge on any atom is 0.341 e. The summed E-state index contributed by atoms with van der Waals surface area (Å²) in [5.74, 6) is -0.145. The predicted molar refractivity (Wildman–Crippen MR) is 131 cm³/mol. The van der Waals surface area contributed by atoms with E-state index in [9.17, 15) is 9.59 Å². The molecule has 8 heteroatoms. The van der Waals surface area contributed by atoms with Gasteiger partial charge in [-0.25, -0.2) is 4.79 Å². The molecule has 0 spiro atoms. The van der Waals surface area contributed by atoms with Crippen LogP contribution in [0.1, 0.15) is 29.8 Å². The molecule has 0 fully saturated rings. The summed E-state index contributed by atoms with van der Waals surface area (Å²) in [6.45, 7) is 4.44. The Morgan fingerprint density at radius 2 is 1.78 bits per heavy atom. The third-order valence-corrected chi connectivity index (χ3v) is 5.99. The smallest absolute Gasteiger partial charge is 0.341 e. The van der Waals surface area contributed by atoms with E-state index in [1.165, 1.54) is 17.4 Å². The van der Waals surface area contributed by atoms with Gasteiger partial charge < -0.3 is 14.8 Å². The number of halogens is 2. The maximum absolute atomic E-state index is 12.7. The summed E-state index contributed by atoms with van der Waals surface area (Å²) in [6, 6.07) is 12.5. The van der Waals surface area contributed by atoms with Crippen LogP contribution >= 0.6 is 34.5 Å². The second-order valence-electron chi connectivity index (χ2n) is 6.53. The van der Waals surface area contributed by atoms with Crippen LogP contribution < -0.4 is 10.1 Å². The topological polar surface area (TPSA) is 64.6 Å². The van der Waals surface area contributed by atoms with Crippen LogP contribution in [0, 0.1) is 0 Å². The van der Waals surface area contributed by atoms with Crippen molar-refractivity contribution in [3.63, 3.8) is 0 Å². The summed E-state index contributed by atoms with van der Waals surface area (Å²) in [5.41, 5.74) is 2.54. The molecule has 0 atom stereocenters. The first kappa shape index (κ1) is 23.9. The van der Waals surface area contributed by atoms with Gasteiger partial charge in [-0.15, -0.1) is 11.3 Å². The van der Waals surface area contributed by atoms with Crippen LogP contribution in [-0.4, -0.2) is 25.1 Å². The molecule has 0 aliphatic rings. The van der Waals surface area contributed by atoms with Gasteiger partial charge in [-0.3, -0.25) is 4.79 Å². The molecule has 2 aromatic carbocycles. The Bertz CT molecular complexity index is 1140. The Balaban J connectivity index is 1.85. The highest BCUT2D eigenvalue weighted by Gasteiger charge is 2.22. The molecular weight excluding hydrogens is 469 g/mol. The largest absolute Gasteiger partial charge is 0.494 e. The molecule has 0 bridgehead atoms. The van der Waals surface area contributed by atoms with E-state index in [0.29, 0.717) is 32.8 Å². The second kappa shape index (κ2) is 11.2. The number of benzene rings is 2. The highest BCUT2D eigenvalue weighted by atomic mass is 35.5. The van der Waals surface area contributed by atoms with Crippen LogP contribution in [0.15, 0.2) is 53.9 Å². The molecule has 0 radical (unpaired) electrons. The van der Waals surface area contributed by atoms with Crippen LogP contribution in [0.3, 0.4) is 0 Å². The molecule has 0 saturated heterocycles. The number of esters is 1. The fourth-order valence-electron chi connectivity index (χ4n) is 2.91. The third kappa shape index (κ3) is 5.91. The SMILES string of the molecule is CCOC(=O)c1c(-c2ccc(OCC)cc2)csc1NC(=O)/C=C/c1ccc(Cl)c(Cl)c1. The van der Waals surface area contributed by atoms with Crippen LogP contribution in [0.4, 0.5) is 5.00 Å². The normalized spacial score (nSPS) is 10.9. The Morgan fingerprint density at radius 1 is 1.03 bits per heavy atom. The highest BCUT2D eigenvalue weighted by Crippen LogP contribution is 2.37. The number of hydrogen-bond acceptors (Lipinski definition) is 5. The van der Waals surface area contributed by atoms with E-state index in [0.717, 1.165) is 16.9 Å². The van der Waals surface area contributed by atoms with Crippen molar-refractivity contribution in [2.75, 3.05) is 18.5 Å². The van der Waals surface area contributed by atoms with Gasteiger partial charge in [-0.05, 0) is 55.3 Å². The lowest BCUT2D eigenvalue weighted by Crippen LogP contribution is -2.12. The number of amides is 1. The molecule has 3 aromatic rings. The van der Waals surface area contributed by atoms with Gasteiger partial charge in [0.15, 0.2) is 0 Å². The van der Waals surface area contributed by atoms with Crippen molar-refractivity contribution >= 4 is 57.5 Å². The van der Waals surface area contributed by atoms with Crippen molar-refractivity contribution in [1.29, 1.82) is 0 Å². The van der Waals surface area contributed by atoms with Crippen molar-refractivity contribution in [1.82, 2.24) is 0 Å². The Morgan fingerprint density at radius 3 is 2.44 bits per heavy atom. The van der Waals surface area contributed by atoms with Gasteiger partial charge in [0.05, 0.1) is 23.3 Å². The summed E-state index contributed by atoms with van der Waals surface area (Å²) in [4.78, 5) is 25.2. The molecule has 0 saturated carbocycles. The first-order valence-electron chi connectivity index (χ1n) is 9.88.